The molecule has 1 aromatic rings. The lowest BCUT2D eigenvalue weighted by molar-refractivity contribution is 0.249. The molecule has 130 valence electrons. The van der Waals surface area contributed by atoms with Crippen molar-refractivity contribution < 1.29 is 8.42 Å². The number of rotatable bonds is 3. The molecule has 0 amide bonds. The summed E-state index contributed by atoms with van der Waals surface area (Å²) >= 11 is 6.14. The van der Waals surface area contributed by atoms with Crippen LogP contribution >= 0.6 is 11.6 Å². The minimum absolute atomic E-state index is 0.345. The topological polar surface area (TPSA) is 37.4 Å². The Bertz CT molecular complexity index is 775. The maximum Gasteiger partial charge on any atom is 0.243 e. The normalized spacial score (nSPS) is 23.3. The predicted molar refractivity (Wildman–Crippen MR) is 98.6 cm³/mol. The molecule has 0 spiro atoms. The van der Waals surface area contributed by atoms with Crippen LogP contribution in [-0.4, -0.2) is 25.8 Å². The second-order valence-electron chi connectivity index (χ2n) is 6.81. The molecule has 1 unspecified atom stereocenters. The summed E-state index contributed by atoms with van der Waals surface area (Å²) in [7, 11) is -3.39. The lowest BCUT2D eigenvalue weighted by Gasteiger charge is -2.34. The Kier molecular flexibility index (Phi) is 5.19. The number of hydrogen-bond donors (Lipinski definition) is 0. The van der Waals surface area contributed by atoms with E-state index in [1.807, 2.05) is 19.9 Å². The molecule has 2 aliphatic rings. The van der Waals surface area contributed by atoms with Crippen LogP contribution in [0.3, 0.4) is 0 Å². The first kappa shape index (κ1) is 17.7. The van der Waals surface area contributed by atoms with E-state index >= 15 is 0 Å². The van der Waals surface area contributed by atoms with E-state index in [1.165, 1.54) is 0 Å². The highest BCUT2D eigenvalue weighted by molar-refractivity contribution is 7.89. The van der Waals surface area contributed by atoms with Crippen LogP contribution in [0, 0.1) is 25.7 Å². The highest BCUT2D eigenvalue weighted by Gasteiger charge is 2.31. The Labute approximate surface area is 150 Å². The number of benzene rings is 1. The molecule has 1 heterocycles. The van der Waals surface area contributed by atoms with Crippen molar-refractivity contribution in [2.75, 3.05) is 13.1 Å². The van der Waals surface area contributed by atoms with Crippen molar-refractivity contribution >= 4 is 21.6 Å². The van der Waals surface area contributed by atoms with E-state index in [9.17, 15) is 8.42 Å². The third-order valence-corrected chi connectivity index (χ3v) is 7.38. The van der Waals surface area contributed by atoms with Gasteiger partial charge >= 0.3 is 0 Å². The number of nitrogens with zero attached hydrogens (tertiary/aromatic N) is 1. The van der Waals surface area contributed by atoms with Crippen molar-refractivity contribution in [3.05, 3.63) is 52.6 Å². The highest BCUT2D eigenvalue weighted by atomic mass is 35.5. The summed E-state index contributed by atoms with van der Waals surface area (Å²) in [5.74, 6) is 0.819. The molecule has 3 rings (SSSR count). The SMILES string of the molecule is Cc1ccc(S(=O)(=O)N2CCC(C3C=CCC(Cl)=C3)CC2)cc1C. The number of piperidine rings is 1. The zero-order chi connectivity index (χ0) is 17.3. The van der Waals surface area contributed by atoms with Crippen LogP contribution in [0.5, 0.6) is 0 Å². The molecule has 3 nitrogen and oxygen atoms in total. The van der Waals surface area contributed by atoms with Crippen LogP contribution in [0.25, 0.3) is 0 Å². The van der Waals surface area contributed by atoms with Gasteiger partial charge in [0.15, 0.2) is 0 Å². The van der Waals surface area contributed by atoms with Crippen molar-refractivity contribution in [2.24, 2.45) is 11.8 Å². The average molecular weight is 366 g/mol. The molecule has 1 aliphatic carbocycles. The molecule has 1 atom stereocenters. The van der Waals surface area contributed by atoms with Crippen molar-refractivity contribution in [3.8, 4) is 0 Å². The van der Waals surface area contributed by atoms with Crippen LogP contribution in [0.15, 0.2) is 46.4 Å². The van der Waals surface area contributed by atoms with Gasteiger partial charge in [-0.25, -0.2) is 8.42 Å². The van der Waals surface area contributed by atoms with Gasteiger partial charge in [-0.15, -0.1) is 0 Å². The average Bonchev–Trinajstić information content (AvgIpc) is 2.57. The van der Waals surface area contributed by atoms with Crippen molar-refractivity contribution in [2.45, 2.75) is 38.0 Å². The maximum absolute atomic E-state index is 12.9. The van der Waals surface area contributed by atoms with Gasteiger partial charge in [-0.2, -0.15) is 4.31 Å². The summed E-state index contributed by atoms with van der Waals surface area (Å²) in [6.45, 7) is 5.10. The van der Waals surface area contributed by atoms with Crippen molar-refractivity contribution in [1.29, 1.82) is 0 Å². The van der Waals surface area contributed by atoms with E-state index in [4.69, 9.17) is 11.6 Å². The molecule has 0 N–H and O–H groups in total. The van der Waals surface area contributed by atoms with Gasteiger partial charge in [-0.05, 0) is 61.8 Å². The summed E-state index contributed by atoms with van der Waals surface area (Å²) in [5, 5.41) is 0.896. The lowest BCUT2D eigenvalue weighted by atomic mass is 9.83. The largest absolute Gasteiger partial charge is 0.243 e. The first-order valence-corrected chi connectivity index (χ1v) is 10.3. The summed E-state index contributed by atoms with van der Waals surface area (Å²) in [4.78, 5) is 0.407. The Morgan fingerprint density at radius 3 is 2.46 bits per heavy atom. The number of allylic oxidation sites excluding steroid dienone is 4. The Balaban J connectivity index is 1.70. The summed E-state index contributed by atoms with van der Waals surface area (Å²) in [6, 6.07) is 5.38. The fourth-order valence-electron chi connectivity index (χ4n) is 3.49. The molecule has 0 radical (unpaired) electrons. The molecule has 1 aliphatic heterocycles. The molecule has 0 bridgehead atoms. The molecule has 0 saturated carbocycles. The summed E-state index contributed by atoms with van der Waals surface area (Å²) < 4.78 is 27.4. The number of hydrogen-bond acceptors (Lipinski definition) is 2. The summed E-state index contributed by atoms with van der Waals surface area (Å²) in [5.41, 5.74) is 2.12. The van der Waals surface area contributed by atoms with Gasteiger partial charge < -0.3 is 0 Å². The van der Waals surface area contributed by atoms with Gasteiger partial charge in [0.2, 0.25) is 10.0 Å². The van der Waals surface area contributed by atoms with Gasteiger partial charge in [0.25, 0.3) is 0 Å². The molecule has 1 fully saturated rings. The third kappa shape index (κ3) is 3.61. The summed E-state index contributed by atoms with van der Waals surface area (Å²) in [6.07, 6.45) is 9.02. The van der Waals surface area contributed by atoms with Crippen LogP contribution < -0.4 is 0 Å². The fraction of sp³-hybridized carbons (Fsp3) is 0.474. The first-order chi connectivity index (χ1) is 11.4. The molecule has 1 saturated heterocycles. The van der Waals surface area contributed by atoms with E-state index < -0.39 is 10.0 Å². The minimum Gasteiger partial charge on any atom is -0.207 e. The number of halogens is 1. The maximum atomic E-state index is 12.9. The van der Waals surface area contributed by atoms with Crippen LogP contribution in [0.1, 0.15) is 30.4 Å². The second kappa shape index (κ2) is 7.03. The van der Waals surface area contributed by atoms with Gasteiger partial charge in [-0.1, -0.05) is 35.9 Å². The van der Waals surface area contributed by atoms with E-state index in [0.29, 0.717) is 29.8 Å². The Morgan fingerprint density at radius 2 is 1.83 bits per heavy atom. The molecule has 24 heavy (non-hydrogen) atoms. The second-order valence-corrected chi connectivity index (χ2v) is 9.23. The lowest BCUT2D eigenvalue weighted by Crippen LogP contribution is -2.39. The third-order valence-electron chi connectivity index (χ3n) is 5.20. The zero-order valence-corrected chi connectivity index (χ0v) is 15.8. The highest BCUT2D eigenvalue weighted by Crippen LogP contribution is 2.33. The van der Waals surface area contributed by atoms with E-state index in [-0.39, 0.29) is 0 Å². The van der Waals surface area contributed by atoms with Gasteiger partial charge in [0.05, 0.1) is 4.90 Å². The molecule has 0 aromatic heterocycles. The molecule has 5 heteroatoms. The monoisotopic (exact) mass is 365 g/mol. The van der Waals surface area contributed by atoms with Gasteiger partial charge in [0.1, 0.15) is 0 Å². The zero-order valence-electron chi connectivity index (χ0n) is 14.2. The van der Waals surface area contributed by atoms with Crippen LogP contribution in [0.2, 0.25) is 0 Å². The standard InChI is InChI=1S/C19H24ClNO2S/c1-14-6-7-19(12-15(14)2)24(22,23)21-10-8-16(9-11-21)17-4-3-5-18(20)13-17/h3-4,6-7,12-13,16-17H,5,8-11H2,1-2H3. The Morgan fingerprint density at radius 1 is 1.12 bits per heavy atom. The van der Waals surface area contributed by atoms with Gasteiger partial charge in [0, 0.05) is 24.5 Å². The molecular weight excluding hydrogens is 342 g/mol. The minimum atomic E-state index is -3.39. The van der Waals surface area contributed by atoms with Crippen molar-refractivity contribution in [3.63, 3.8) is 0 Å². The molecule has 1 aromatic carbocycles. The van der Waals surface area contributed by atoms with Crippen LogP contribution in [-0.2, 0) is 10.0 Å². The quantitative estimate of drug-likeness (QED) is 0.744. The predicted octanol–water partition coefficient (Wildman–Crippen LogP) is 4.40. The van der Waals surface area contributed by atoms with E-state index in [0.717, 1.165) is 35.4 Å². The van der Waals surface area contributed by atoms with Crippen molar-refractivity contribution in [1.82, 2.24) is 4.31 Å². The Hall–Kier alpha value is -1.10. The van der Waals surface area contributed by atoms with E-state index in [2.05, 4.69) is 18.2 Å². The number of sulfonamides is 1. The van der Waals surface area contributed by atoms with Gasteiger partial charge in [-0.3, -0.25) is 0 Å². The smallest absolute Gasteiger partial charge is 0.207 e. The fourth-order valence-corrected chi connectivity index (χ4v) is 5.28. The van der Waals surface area contributed by atoms with Crippen LogP contribution in [0.4, 0.5) is 0 Å². The van der Waals surface area contributed by atoms with E-state index in [1.54, 1.807) is 16.4 Å². The first-order valence-electron chi connectivity index (χ1n) is 8.48. The molecular formula is C19H24ClNO2S. The number of aryl methyl sites for hydroxylation is 2.